The molecule has 0 aliphatic rings. The van der Waals surface area contributed by atoms with Gasteiger partial charge in [0.1, 0.15) is 18.0 Å². The Balaban J connectivity index is 2.90. The number of nitrogen functional groups attached to an aromatic ring is 1. The Kier molecular flexibility index (Phi) is 1.74. The van der Waals surface area contributed by atoms with Crippen LogP contribution in [0, 0.1) is 22.7 Å². The Bertz CT molecular complexity index is 627. The van der Waals surface area contributed by atoms with Crippen LogP contribution in [-0.2, 0) is 0 Å². The van der Waals surface area contributed by atoms with E-state index in [1.165, 1.54) is 18.2 Å². The first kappa shape index (κ1) is 8.92. The highest BCUT2D eigenvalue weighted by atomic mass is 16.5. The summed E-state index contributed by atoms with van der Waals surface area (Å²) in [6.45, 7) is 0. The summed E-state index contributed by atoms with van der Waals surface area (Å²) >= 11 is 0. The van der Waals surface area contributed by atoms with E-state index in [2.05, 4.69) is 0 Å². The molecular weight excluding hydrogens is 192 g/mol. The topological polar surface area (TPSA) is 98.8 Å². The van der Waals surface area contributed by atoms with Gasteiger partial charge in [-0.3, -0.25) is 0 Å². The van der Waals surface area contributed by atoms with Crippen molar-refractivity contribution in [1.82, 2.24) is 4.73 Å². The van der Waals surface area contributed by atoms with Gasteiger partial charge in [0.05, 0.1) is 16.6 Å². The molecular formula is C10H6N4O. The summed E-state index contributed by atoms with van der Waals surface area (Å²) in [5, 5.41) is 27.7. The van der Waals surface area contributed by atoms with E-state index in [9.17, 15) is 5.21 Å². The molecule has 2 aromatic rings. The van der Waals surface area contributed by atoms with E-state index in [4.69, 9.17) is 16.3 Å². The van der Waals surface area contributed by atoms with Crippen molar-refractivity contribution in [3.05, 3.63) is 29.3 Å². The van der Waals surface area contributed by atoms with E-state index in [1.807, 2.05) is 12.1 Å². The molecule has 1 heterocycles. The van der Waals surface area contributed by atoms with Crippen LogP contribution in [0.1, 0.15) is 11.1 Å². The zero-order chi connectivity index (χ0) is 11.0. The average Bonchev–Trinajstić information content (AvgIpc) is 2.53. The highest BCUT2D eigenvalue weighted by Crippen LogP contribution is 2.23. The van der Waals surface area contributed by atoms with Crippen molar-refractivity contribution in [3.8, 4) is 12.1 Å². The number of fused-ring (bicyclic) bond motifs is 1. The number of nitrogens with two attached hydrogens (primary N) is 1. The van der Waals surface area contributed by atoms with Gasteiger partial charge in [0, 0.05) is 5.39 Å². The maximum Gasteiger partial charge on any atom is 0.140 e. The average molecular weight is 198 g/mol. The van der Waals surface area contributed by atoms with E-state index < -0.39 is 0 Å². The smallest absolute Gasteiger partial charge is 0.140 e. The molecule has 0 saturated carbocycles. The zero-order valence-electron chi connectivity index (χ0n) is 7.60. The number of aromatic nitrogens is 1. The van der Waals surface area contributed by atoms with Crippen molar-refractivity contribution in [2.24, 2.45) is 0 Å². The molecule has 0 aliphatic carbocycles. The van der Waals surface area contributed by atoms with Gasteiger partial charge in [-0.2, -0.15) is 15.3 Å². The first-order valence-electron chi connectivity index (χ1n) is 4.12. The van der Waals surface area contributed by atoms with Gasteiger partial charge in [-0.25, -0.2) is 0 Å². The standard InChI is InChI=1S/C10H6N4O/c11-4-7-1-6-3-10(13)14(15)9(6)2-8(7)5-12/h1-3,15H,13H2. The van der Waals surface area contributed by atoms with Crippen LogP contribution in [0.2, 0.25) is 0 Å². The molecule has 2 rings (SSSR count). The Hall–Kier alpha value is -2.66. The number of hydrogen-bond donors (Lipinski definition) is 2. The molecule has 0 aliphatic heterocycles. The number of nitrogens with zero attached hydrogens (tertiary/aromatic N) is 3. The van der Waals surface area contributed by atoms with Crippen molar-refractivity contribution in [2.45, 2.75) is 0 Å². The second-order valence-electron chi connectivity index (χ2n) is 3.06. The van der Waals surface area contributed by atoms with Gasteiger partial charge in [-0.1, -0.05) is 0 Å². The molecule has 72 valence electrons. The maximum absolute atomic E-state index is 9.48. The van der Waals surface area contributed by atoms with Crippen LogP contribution < -0.4 is 5.73 Å². The van der Waals surface area contributed by atoms with Crippen LogP contribution >= 0.6 is 0 Å². The number of hydrogen-bond acceptors (Lipinski definition) is 4. The zero-order valence-corrected chi connectivity index (χ0v) is 7.60. The molecule has 3 N–H and O–H groups in total. The van der Waals surface area contributed by atoms with E-state index in [1.54, 1.807) is 0 Å². The van der Waals surface area contributed by atoms with Crippen molar-refractivity contribution >= 4 is 16.7 Å². The van der Waals surface area contributed by atoms with Gasteiger partial charge in [0.15, 0.2) is 0 Å². The molecule has 5 heteroatoms. The molecule has 0 saturated heterocycles. The molecule has 1 aromatic heterocycles. The van der Waals surface area contributed by atoms with Crippen LogP contribution in [0.3, 0.4) is 0 Å². The number of benzene rings is 1. The number of anilines is 1. The normalized spacial score (nSPS) is 9.73. The van der Waals surface area contributed by atoms with Crippen LogP contribution in [0.25, 0.3) is 10.9 Å². The fraction of sp³-hybridized carbons (Fsp3) is 0. The number of nitriles is 2. The lowest BCUT2D eigenvalue weighted by molar-refractivity contribution is 0.206. The third-order valence-corrected chi connectivity index (χ3v) is 2.18. The van der Waals surface area contributed by atoms with E-state index in [-0.39, 0.29) is 16.9 Å². The predicted molar refractivity (Wildman–Crippen MR) is 53.0 cm³/mol. The lowest BCUT2D eigenvalue weighted by Crippen LogP contribution is -1.96. The Labute approximate surface area is 85.1 Å². The lowest BCUT2D eigenvalue weighted by Gasteiger charge is -1.98. The summed E-state index contributed by atoms with van der Waals surface area (Å²) < 4.78 is 0.789. The van der Waals surface area contributed by atoms with Gasteiger partial charge in [0.25, 0.3) is 0 Å². The SMILES string of the molecule is N#Cc1cc2cc(N)n(O)c2cc1C#N. The predicted octanol–water partition coefficient (Wildman–Crippen LogP) is 1.20. The van der Waals surface area contributed by atoms with E-state index >= 15 is 0 Å². The van der Waals surface area contributed by atoms with Crippen LogP contribution in [-0.4, -0.2) is 9.94 Å². The first-order chi connectivity index (χ1) is 7.17. The molecule has 0 amide bonds. The van der Waals surface area contributed by atoms with Gasteiger partial charge in [-0.05, 0) is 18.2 Å². The third kappa shape index (κ3) is 1.15. The minimum absolute atomic E-state index is 0.170. The first-order valence-corrected chi connectivity index (χ1v) is 4.12. The van der Waals surface area contributed by atoms with Crippen LogP contribution in [0.5, 0.6) is 0 Å². The Morgan fingerprint density at radius 2 is 1.73 bits per heavy atom. The fourth-order valence-electron chi connectivity index (χ4n) is 1.45. The highest BCUT2D eigenvalue weighted by Gasteiger charge is 2.09. The molecule has 0 fully saturated rings. The van der Waals surface area contributed by atoms with E-state index in [0.29, 0.717) is 10.9 Å². The van der Waals surface area contributed by atoms with Crippen molar-refractivity contribution in [2.75, 3.05) is 5.73 Å². The molecule has 0 spiro atoms. The summed E-state index contributed by atoms with van der Waals surface area (Å²) in [5.74, 6) is 0.170. The second-order valence-corrected chi connectivity index (χ2v) is 3.06. The summed E-state index contributed by atoms with van der Waals surface area (Å²) in [7, 11) is 0. The van der Waals surface area contributed by atoms with Crippen molar-refractivity contribution in [1.29, 1.82) is 10.5 Å². The fourth-order valence-corrected chi connectivity index (χ4v) is 1.45. The summed E-state index contributed by atoms with van der Waals surface area (Å²) in [6.07, 6.45) is 0. The summed E-state index contributed by atoms with van der Waals surface area (Å²) in [6, 6.07) is 8.30. The minimum Gasteiger partial charge on any atom is -0.426 e. The van der Waals surface area contributed by atoms with Crippen molar-refractivity contribution < 1.29 is 5.21 Å². The maximum atomic E-state index is 9.48. The number of rotatable bonds is 0. The molecule has 0 atom stereocenters. The monoisotopic (exact) mass is 198 g/mol. The lowest BCUT2D eigenvalue weighted by atomic mass is 10.1. The van der Waals surface area contributed by atoms with E-state index in [0.717, 1.165) is 4.73 Å². The minimum atomic E-state index is 0.170. The molecule has 15 heavy (non-hydrogen) atoms. The van der Waals surface area contributed by atoms with Crippen molar-refractivity contribution in [3.63, 3.8) is 0 Å². The third-order valence-electron chi connectivity index (χ3n) is 2.18. The van der Waals surface area contributed by atoms with Gasteiger partial charge in [0.2, 0.25) is 0 Å². The second kappa shape index (κ2) is 2.93. The summed E-state index contributed by atoms with van der Waals surface area (Å²) in [5.41, 5.74) is 6.40. The molecule has 5 nitrogen and oxygen atoms in total. The van der Waals surface area contributed by atoms with Crippen LogP contribution in [0.4, 0.5) is 5.82 Å². The van der Waals surface area contributed by atoms with Gasteiger partial charge >= 0.3 is 0 Å². The van der Waals surface area contributed by atoms with Crippen LogP contribution in [0.15, 0.2) is 18.2 Å². The summed E-state index contributed by atoms with van der Waals surface area (Å²) in [4.78, 5) is 0. The molecule has 0 bridgehead atoms. The van der Waals surface area contributed by atoms with Gasteiger partial charge < -0.3 is 10.9 Å². The molecule has 1 aromatic carbocycles. The Morgan fingerprint density at radius 3 is 2.33 bits per heavy atom. The largest absolute Gasteiger partial charge is 0.426 e. The highest BCUT2D eigenvalue weighted by molar-refractivity contribution is 5.87. The molecule has 0 radical (unpaired) electrons. The molecule has 0 unspecified atom stereocenters. The Morgan fingerprint density at radius 1 is 1.13 bits per heavy atom. The van der Waals surface area contributed by atoms with Gasteiger partial charge in [-0.15, -0.1) is 0 Å². The quantitative estimate of drug-likeness (QED) is 0.621.